The van der Waals surface area contributed by atoms with Crippen LogP contribution in [-0.4, -0.2) is 42.2 Å². The first-order chi connectivity index (χ1) is 9.87. The molecule has 1 fully saturated rings. The van der Waals surface area contributed by atoms with Crippen LogP contribution in [0.4, 0.5) is 18.9 Å². The molecule has 1 saturated heterocycles. The minimum atomic E-state index is -4.32. The summed E-state index contributed by atoms with van der Waals surface area (Å²) in [4.78, 5) is 11.9. The van der Waals surface area contributed by atoms with Crippen LogP contribution in [0.15, 0.2) is 24.3 Å². The number of rotatable bonds is 4. The van der Waals surface area contributed by atoms with Crippen LogP contribution in [0.1, 0.15) is 18.0 Å². The lowest BCUT2D eigenvalue weighted by Gasteiger charge is -2.35. The van der Waals surface area contributed by atoms with E-state index in [2.05, 4.69) is 5.32 Å². The van der Waals surface area contributed by atoms with Gasteiger partial charge in [-0.1, -0.05) is 12.1 Å². The highest BCUT2D eigenvalue weighted by Gasteiger charge is 2.36. The number of hydrogen-bond donors (Lipinski definition) is 1. The number of nitro benzene ring substituents is 1. The quantitative estimate of drug-likeness (QED) is 0.686. The van der Waals surface area contributed by atoms with Crippen molar-refractivity contribution < 1.29 is 18.1 Å². The Hall–Kier alpha value is -1.67. The van der Waals surface area contributed by atoms with Crippen LogP contribution < -0.4 is 5.32 Å². The lowest BCUT2D eigenvalue weighted by molar-refractivity contribution is -0.385. The van der Waals surface area contributed by atoms with E-state index >= 15 is 0 Å². The van der Waals surface area contributed by atoms with Crippen LogP contribution in [0.3, 0.4) is 0 Å². The van der Waals surface area contributed by atoms with E-state index in [1.165, 1.54) is 24.3 Å². The van der Waals surface area contributed by atoms with Crippen LogP contribution in [0.2, 0.25) is 0 Å². The number of benzene rings is 1. The minimum absolute atomic E-state index is 0.185. The van der Waals surface area contributed by atoms with E-state index in [1.54, 1.807) is 4.90 Å². The Morgan fingerprint density at radius 3 is 2.57 bits per heavy atom. The van der Waals surface area contributed by atoms with Gasteiger partial charge in [0.05, 0.1) is 11.3 Å². The molecule has 0 spiro atoms. The van der Waals surface area contributed by atoms with Gasteiger partial charge in [0.1, 0.15) is 0 Å². The van der Waals surface area contributed by atoms with Crippen molar-refractivity contribution in [2.45, 2.75) is 18.6 Å². The van der Waals surface area contributed by atoms with Gasteiger partial charge < -0.3 is 5.32 Å². The fourth-order valence-corrected chi connectivity index (χ4v) is 2.52. The zero-order chi connectivity index (χ0) is 15.5. The van der Waals surface area contributed by atoms with E-state index in [0.717, 1.165) is 0 Å². The molecule has 0 aromatic heterocycles. The number of alkyl halides is 3. The Balaban J connectivity index is 2.29. The molecule has 1 heterocycles. The fraction of sp³-hybridized carbons (Fsp3) is 0.538. The fourth-order valence-electron chi connectivity index (χ4n) is 2.52. The van der Waals surface area contributed by atoms with Gasteiger partial charge in [-0.3, -0.25) is 15.0 Å². The van der Waals surface area contributed by atoms with Crippen LogP contribution >= 0.6 is 0 Å². The summed E-state index contributed by atoms with van der Waals surface area (Å²) < 4.78 is 38.5. The van der Waals surface area contributed by atoms with E-state index in [4.69, 9.17) is 0 Å². The van der Waals surface area contributed by atoms with E-state index in [9.17, 15) is 23.3 Å². The van der Waals surface area contributed by atoms with Crippen LogP contribution in [0.25, 0.3) is 0 Å². The number of nitrogens with one attached hydrogen (secondary N) is 1. The molecule has 116 valence electrons. The third-order valence-corrected chi connectivity index (χ3v) is 3.48. The minimum Gasteiger partial charge on any atom is -0.314 e. The number of hydrogen-bond acceptors (Lipinski definition) is 4. The van der Waals surface area contributed by atoms with E-state index in [0.29, 0.717) is 31.7 Å². The highest BCUT2D eigenvalue weighted by Crippen LogP contribution is 2.35. The molecule has 1 aliphatic heterocycles. The Morgan fingerprint density at radius 2 is 2.00 bits per heavy atom. The maximum absolute atomic E-state index is 12.8. The molecule has 1 atom stereocenters. The van der Waals surface area contributed by atoms with Crippen molar-refractivity contribution in [2.75, 3.05) is 26.2 Å². The number of non-ortho nitro benzene ring substituents is 1. The average Bonchev–Trinajstić information content (AvgIpc) is 2.45. The summed E-state index contributed by atoms with van der Waals surface area (Å²) in [7, 11) is 0. The molecule has 0 aliphatic carbocycles. The first kappa shape index (κ1) is 15.7. The van der Waals surface area contributed by atoms with Gasteiger partial charge in [-0.2, -0.15) is 13.2 Å². The van der Waals surface area contributed by atoms with Crippen LogP contribution in [0, 0.1) is 10.1 Å². The Morgan fingerprint density at radius 1 is 1.33 bits per heavy atom. The van der Waals surface area contributed by atoms with E-state index in [-0.39, 0.29) is 5.69 Å². The zero-order valence-corrected chi connectivity index (χ0v) is 11.3. The number of nitro groups is 1. The lowest BCUT2D eigenvalue weighted by atomic mass is 10.0. The second kappa shape index (κ2) is 6.40. The Kier molecular flexibility index (Phi) is 4.79. The third-order valence-electron chi connectivity index (χ3n) is 3.48. The number of piperazine rings is 1. The number of nitrogens with zero attached hydrogens (tertiary/aromatic N) is 2. The van der Waals surface area contributed by atoms with Gasteiger partial charge >= 0.3 is 6.18 Å². The van der Waals surface area contributed by atoms with Crippen molar-refractivity contribution in [2.24, 2.45) is 0 Å². The molecule has 0 unspecified atom stereocenters. The van der Waals surface area contributed by atoms with Crippen molar-refractivity contribution in [1.29, 1.82) is 0 Å². The van der Waals surface area contributed by atoms with Crippen molar-refractivity contribution in [3.63, 3.8) is 0 Å². The Labute approximate surface area is 119 Å². The predicted octanol–water partition coefficient (Wildman–Crippen LogP) is 2.49. The maximum atomic E-state index is 12.8. The van der Waals surface area contributed by atoms with Gasteiger partial charge in [0.2, 0.25) is 0 Å². The van der Waals surface area contributed by atoms with Gasteiger partial charge in [0.15, 0.2) is 0 Å². The lowest BCUT2D eigenvalue weighted by Crippen LogP contribution is -2.46. The standard InChI is InChI=1S/C13H16F3N3O2/c14-13(15,16)9-12(18-6-4-17-5-7-18)10-2-1-3-11(8-10)19(20)21/h1-3,8,12,17H,4-7,9H2/t12-/m1/s1. The summed E-state index contributed by atoms with van der Waals surface area (Å²) in [5.74, 6) is 0. The second-order valence-electron chi connectivity index (χ2n) is 4.97. The molecule has 0 saturated carbocycles. The molecule has 1 aromatic rings. The first-order valence-electron chi connectivity index (χ1n) is 6.63. The molecule has 1 aliphatic rings. The summed E-state index contributed by atoms with van der Waals surface area (Å²) in [5, 5.41) is 13.9. The molecule has 21 heavy (non-hydrogen) atoms. The monoisotopic (exact) mass is 303 g/mol. The van der Waals surface area contributed by atoms with Crippen LogP contribution in [0.5, 0.6) is 0 Å². The molecule has 0 bridgehead atoms. The number of halogens is 3. The largest absolute Gasteiger partial charge is 0.390 e. The smallest absolute Gasteiger partial charge is 0.314 e. The molecule has 8 heteroatoms. The maximum Gasteiger partial charge on any atom is 0.390 e. The first-order valence-corrected chi connectivity index (χ1v) is 6.63. The highest BCUT2D eigenvalue weighted by atomic mass is 19.4. The topological polar surface area (TPSA) is 58.4 Å². The van der Waals surface area contributed by atoms with E-state index < -0.39 is 23.6 Å². The molecule has 1 N–H and O–H groups in total. The molecule has 0 radical (unpaired) electrons. The van der Waals surface area contributed by atoms with Crippen molar-refractivity contribution in [1.82, 2.24) is 10.2 Å². The summed E-state index contributed by atoms with van der Waals surface area (Å²) in [6.45, 7) is 2.21. The zero-order valence-electron chi connectivity index (χ0n) is 11.3. The predicted molar refractivity (Wildman–Crippen MR) is 71.0 cm³/mol. The van der Waals surface area contributed by atoms with Gasteiger partial charge in [0.25, 0.3) is 5.69 Å². The van der Waals surface area contributed by atoms with Crippen molar-refractivity contribution in [3.8, 4) is 0 Å². The van der Waals surface area contributed by atoms with Gasteiger partial charge in [-0.25, -0.2) is 0 Å². The summed E-state index contributed by atoms with van der Waals surface area (Å²) in [5.41, 5.74) is 0.151. The summed E-state index contributed by atoms with van der Waals surface area (Å²) in [6.07, 6.45) is -5.33. The highest BCUT2D eigenvalue weighted by molar-refractivity contribution is 5.36. The normalized spacial score (nSPS) is 18.4. The van der Waals surface area contributed by atoms with Crippen LogP contribution in [-0.2, 0) is 0 Å². The molecular formula is C13H16F3N3O2. The molecule has 5 nitrogen and oxygen atoms in total. The third kappa shape index (κ3) is 4.40. The van der Waals surface area contributed by atoms with Crippen molar-refractivity contribution >= 4 is 5.69 Å². The molecule has 1 aromatic carbocycles. The Bertz CT molecular complexity index is 502. The SMILES string of the molecule is O=[N+]([O-])c1cccc([C@@H](CC(F)(F)F)N2CCNCC2)c1. The van der Waals surface area contributed by atoms with Crippen molar-refractivity contribution in [3.05, 3.63) is 39.9 Å². The molecular weight excluding hydrogens is 287 g/mol. The summed E-state index contributed by atoms with van der Waals surface area (Å²) in [6, 6.07) is 4.58. The van der Waals surface area contributed by atoms with Gasteiger partial charge in [-0.05, 0) is 5.56 Å². The van der Waals surface area contributed by atoms with Gasteiger partial charge in [-0.15, -0.1) is 0 Å². The summed E-state index contributed by atoms with van der Waals surface area (Å²) >= 11 is 0. The van der Waals surface area contributed by atoms with Gasteiger partial charge in [0, 0.05) is 44.4 Å². The molecule has 2 rings (SSSR count). The second-order valence-corrected chi connectivity index (χ2v) is 4.97. The average molecular weight is 303 g/mol. The molecule has 0 amide bonds. The van der Waals surface area contributed by atoms with E-state index in [1.807, 2.05) is 0 Å².